The van der Waals surface area contributed by atoms with Crippen molar-refractivity contribution < 1.29 is 0 Å². The number of aromatic nitrogens is 2. The maximum absolute atomic E-state index is 6.10. The van der Waals surface area contributed by atoms with E-state index in [0.717, 1.165) is 16.9 Å². The van der Waals surface area contributed by atoms with Crippen LogP contribution in [0.2, 0.25) is 0 Å². The van der Waals surface area contributed by atoms with Gasteiger partial charge in [0.05, 0.1) is 11.4 Å². The third kappa shape index (κ3) is 2.18. The van der Waals surface area contributed by atoms with Gasteiger partial charge in [-0.25, -0.2) is 4.68 Å². The van der Waals surface area contributed by atoms with Crippen molar-refractivity contribution in [1.82, 2.24) is 9.78 Å². The maximum Gasteiger partial charge on any atom is 0.127 e. The van der Waals surface area contributed by atoms with E-state index in [9.17, 15) is 0 Å². The van der Waals surface area contributed by atoms with Crippen molar-refractivity contribution >= 4 is 5.82 Å². The number of benzene rings is 2. The van der Waals surface area contributed by atoms with E-state index >= 15 is 0 Å². The molecule has 0 aliphatic rings. The van der Waals surface area contributed by atoms with E-state index in [0.29, 0.717) is 5.82 Å². The van der Waals surface area contributed by atoms with Gasteiger partial charge in [0, 0.05) is 11.6 Å². The van der Waals surface area contributed by atoms with Crippen LogP contribution in [0, 0.1) is 13.8 Å². The summed E-state index contributed by atoms with van der Waals surface area (Å²) in [5, 5.41) is 4.63. The molecular weight excluding hydrogens is 246 g/mol. The SMILES string of the molecule is Cc1ccc(-n2nc(-c3ccccc3C)cc2N)cc1. The lowest BCUT2D eigenvalue weighted by Gasteiger charge is -2.04. The molecule has 0 spiro atoms. The van der Waals surface area contributed by atoms with E-state index in [1.165, 1.54) is 11.1 Å². The molecular formula is C17H17N3. The number of nitrogens with zero attached hydrogens (tertiary/aromatic N) is 2. The van der Waals surface area contributed by atoms with Gasteiger partial charge in [-0.1, -0.05) is 42.0 Å². The Morgan fingerprint density at radius 3 is 2.35 bits per heavy atom. The van der Waals surface area contributed by atoms with Crippen molar-refractivity contribution in [2.75, 3.05) is 5.73 Å². The molecule has 2 N–H and O–H groups in total. The highest BCUT2D eigenvalue weighted by Gasteiger charge is 2.10. The molecule has 0 radical (unpaired) electrons. The molecule has 2 aromatic carbocycles. The zero-order valence-electron chi connectivity index (χ0n) is 11.7. The summed E-state index contributed by atoms with van der Waals surface area (Å²) in [5.74, 6) is 0.645. The molecule has 0 atom stereocenters. The van der Waals surface area contributed by atoms with Gasteiger partial charge in [-0.15, -0.1) is 0 Å². The van der Waals surface area contributed by atoms with Gasteiger partial charge in [-0.3, -0.25) is 0 Å². The Balaban J connectivity index is 2.08. The molecule has 0 fully saturated rings. The lowest BCUT2D eigenvalue weighted by atomic mass is 10.1. The first-order valence-electron chi connectivity index (χ1n) is 6.64. The van der Waals surface area contributed by atoms with Gasteiger partial charge in [0.25, 0.3) is 0 Å². The average Bonchev–Trinajstić information content (AvgIpc) is 2.82. The summed E-state index contributed by atoms with van der Waals surface area (Å²) >= 11 is 0. The van der Waals surface area contributed by atoms with Crippen LogP contribution in [0.5, 0.6) is 0 Å². The number of nitrogens with two attached hydrogens (primary N) is 1. The van der Waals surface area contributed by atoms with Gasteiger partial charge in [0.15, 0.2) is 0 Å². The molecule has 20 heavy (non-hydrogen) atoms. The van der Waals surface area contributed by atoms with Gasteiger partial charge >= 0.3 is 0 Å². The fourth-order valence-corrected chi connectivity index (χ4v) is 2.28. The number of anilines is 1. The van der Waals surface area contributed by atoms with Crippen LogP contribution in [-0.4, -0.2) is 9.78 Å². The third-order valence-corrected chi connectivity index (χ3v) is 3.44. The largest absolute Gasteiger partial charge is 0.384 e. The predicted molar refractivity (Wildman–Crippen MR) is 82.9 cm³/mol. The molecule has 0 unspecified atom stereocenters. The van der Waals surface area contributed by atoms with Crippen LogP contribution >= 0.6 is 0 Å². The Hall–Kier alpha value is -2.55. The molecule has 0 aliphatic heterocycles. The Morgan fingerprint density at radius 1 is 0.950 bits per heavy atom. The standard InChI is InChI=1S/C17H17N3/c1-12-7-9-14(10-8-12)20-17(18)11-16(19-20)15-6-4-3-5-13(15)2/h3-11H,18H2,1-2H3. The quantitative estimate of drug-likeness (QED) is 0.765. The predicted octanol–water partition coefficient (Wildman–Crippen LogP) is 3.74. The van der Waals surface area contributed by atoms with Crippen LogP contribution in [-0.2, 0) is 0 Å². The van der Waals surface area contributed by atoms with Crippen LogP contribution < -0.4 is 5.73 Å². The van der Waals surface area contributed by atoms with Crippen molar-refractivity contribution in [3.63, 3.8) is 0 Å². The molecule has 3 rings (SSSR count). The van der Waals surface area contributed by atoms with Crippen molar-refractivity contribution in [3.05, 3.63) is 65.7 Å². The van der Waals surface area contributed by atoms with E-state index in [1.54, 1.807) is 4.68 Å². The number of aryl methyl sites for hydroxylation is 2. The first kappa shape index (κ1) is 12.5. The van der Waals surface area contributed by atoms with E-state index in [-0.39, 0.29) is 0 Å². The monoisotopic (exact) mass is 263 g/mol. The number of hydrogen-bond acceptors (Lipinski definition) is 2. The van der Waals surface area contributed by atoms with Gasteiger partial charge in [0.2, 0.25) is 0 Å². The third-order valence-electron chi connectivity index (χ3n) is 3.44. The van der Waals surface area contributed by atoms with Gasteiger partial charge in [-0.2, -0.15) is 5.10 Å². The summed E-state index contributed by atoms with van der Waals surface area (Å²) in [6.07, 6.45) is 0. The van der Waals surface area contributed by atoms with Crippen LogP contribution in [0.1, 0.15) is 11.1 Å². The molecule has 3 heteroatoms. The van der Waals surface area contributed by atoms with Crippen LogP contribution in [0.4, 0.5) is 5.82 Å². The summed E-state index contributed by atoms with van der Waals surface area (Å²) in [5.41, 5.74) is 11.5. The first-order chi connectivity index (χ1) is 9.65. The van der Waals surface area contributed by atoms with Crippen molar-refractivity contribution in [2.45, 2.75) is 13.8 Å². The van der Waals surface area contributed by atoms with Crippen LogP contribution in [0.15, 0.2) is 54.6 Å². The van der Waals surface area contributed by atoms with Crippen LogP contribution in [0.25, 0.3) is 16.9 Å². The topological polar surface area (TPSA) is 43.8 Å². The Kier molecular flexibility index (Phi) is 3.03. The average molecular weight is 263 g/mol. The second-order valence-electron chi connectivity index (χ2n) is 5.02. The molecule has 1 aromatic heterocycles. The minimum atomic E-state index is 0.645. The van der Waals surface area contributed by atoms with Gasteiger partial charge in [-0.05, 0) is 31.5 Å². The molecule has 3 nitrogen and oxygen atoms in total. The lowest BCUT2D eigenvalue weighted by molar-refractivity contribution is 0.894. The Bertz CT molecular complexity index is 739. The normalized spacial score (nSPS) is 10.7. The fraction of sp³-hybridized carbons (Fsp3) is 0.118. The van der Waals surface area contributed by atoms with Gasteiger partial charge < -0.3 is 5.73 Å². The molecule has 0 saturated heterocycles. The van der Waals surface area contributed by atoms with E-state index in [2.05, 4.69) is 43.2 Å². The molecule has 3 aromatic rings. The second kappa shape index (κ2) is 4.85. The number of hydrogen-bond donors (Lipinski definition) is 1. The van der Waals surface area contributed by atoms with Crippen molar-refractivity contribution in [1.29, 1.82) is 0 Å². The highest BCUT2D eigenvalue weighted by Crippen LogP contribution is 2.25. The summed E-state index contributed by atoms with van der Waals surface area (Å²) in [6, 6.07) is 18.3. The summed E-state index contributed by atoms with van der Waals surface area (Å²) < 4.78 is 1.78. The van der Waals surface area contributed by atoms with Crippen LogP contribution in [0.3, 0.4) is 0 Å². The number of nitrogen functional groups attached to an aromatic ring is 1. The minimum Gasteiger partial charge on any atom is -0.384 e. The molecule has 100 valence electrons. The summed E-state index contributed by atoms with van der Waals surface area (Å²) in [7, 11) is 0. The van der Waals surface area contributed by atoms with E-state index < -0.39 is 0 Å². The van der Waals surface area contributed by atoms with Crippen molar-refractivity contribution in [3.8, 4) is 16.9 Å². The first-order valence-corrected chi connectivity index (χ1v) is 6.64. The van der Waals surface area contributed by atoms with Gasteiger partial charge in [0.1, 0.15) is 5.82 Å². The lowest BCUT2D eigenvalue weighted by Crippen LogP contribution is -2.01. The fourth-order valence-electron chi connectivity index (χ4n) is 2.28. The molecule has 0 aliphatic carbocycles. The molecule has 0 saturated carbocycles. The maximum atomic E-state index is 6.10. The zero-order valence-corrected chi connectivity index (χ0v) is 11.7. The summed E-state index contributed by atoms with van der Waals surface area (Å²) in [4.78, 5) is 0. The minimum absolute atomic E-state index is 0.645. The highest BCUT2D eigenvalue weighted by molar-refractivity contribution is 5.66. The Labute approximate surface area is 118 Å². The van der Waals surface area contributed by atoms with E-state index in [1.807, 2.05) is 30.3 Å². The van der Waals surface area contributed by atoms with Crippen molar-refractivity contribution in [2.24, 2.45) is 0 Å². The number of rotatable bonds is 2. The molecule has 0 bridgehead atoms. The molecule has 0 amide bonds. The van der Waals surface area contributed by atoms with E-state index in [4.69, 9.17) is 5.73 Å². The Morgan fingerprint density at radius 2 is 1.65 bits per heavy atom. The summed E-state index contributed by atoms with van der Waals surface area (Å²) in [6.45, 7) is 4.14. The smallest absolute Gasteiger partial charge is 0.127 e. The molecule has 1 heterocycles. The highest BCUT2D eigenvalue weighted by atomic mass is 15.3. The second-order valence-corrected chi connectivity index (χ2v) is 5.02. The zero-order chi connectivity index (χ0) is 14.1.